The fourth-order valence-electron chi connectivity index (χ4n) is 1.23. The lowest BCUT2D eigenvalue weighted by atomic mass is 10.0. The van der Waals surface area contributed by atoms with Crippen LogP contribution >= 0.6 is 0 Å². The van der Waals surface area contributed by atoms with Gasteiger partial charge in [0.25, 0.3) is 0 Å². The standard InChI is InChI=1S/C11H21N3O2/c1-8(2)10(15)13-7-5-6-9(3)11(16)14(4)12/h9H,1,5-7,12H2,2-4H3,(H,13,15). The summed E-state index contributed by atoms with van der Waals surface area (Å²) in [7, 11) is 1.53. The number of hydrogen-bond donors (Lipinski definition) is 2. The van der Waals surface area contributed by atoms with E-state index in [2.05, 4.69) is 11.9 Å². The van der Waals surface area contributed by atoms with Gasteiger partial charge in [0, 0.05) is 25.1 Å². The van der Waals surface area contributed by atoms with Crippen molar-refractivity contribution in [2.75, 3.05) is 13.6 Å². The van der Waals surface area contributed by atoms with E-state index in [0.29, 0.717) is 18.5 Å². The highest BCUT2D eigenvalue weighted by Gasteiger charge is 2.14. The summed E-state index contributed by atoms with van der Waals surface area (Å²) in [6.45, 7) is 7.57. The lowest BCUT2D eigenvalue weighted by molar-refractivity contribution is -0.134. The molecule has 1 atom stereocenters. The summed E-state index contributed by atoms with van der Waals surface area (Å²) >= 11 is 0. The van der Waals surface area contributed by atoms with Gasteiger partial charge < -0.3 is 5.32 Å². The molecular formula is C11H21N3O2. The second-order valence-electron chi connectivity index (χ2n) is 4.03. The zero-order valence-corrected chi connectivity index (χ0v) is 10.2. The maximum atomic E-state index is 11.4. The number of rotatable bonds is 6. The van der Waals surface area contributed by atoms with Crippen LogP contribution in [0.2, 0.25) is 0 Å². The summed E-state index contributed by atoms with van der Waals surface area (Å²) in [4.78, 5) is 22.5. The first-order chi connectivity index (χ1) is 7.36. The van der Waals surface area contributed by atoms with Gasteiger partial charge in [-0.3, -0.25) is 14.6 Å². The van der Waals surface area contributed by atoms with Crippen molar-refractivity contribution in [3.8, 4) is 0 Å². The minimum absolute atomic E-state index is 0.0915. The Morgan fingerprint density at radius 1 is 1.50 bits per heavy atom. The van der Waals surface area contributed by atoms with Crippen molar-refractivity contribution in [3.63, 3.8) is 0 Å². The van der Waals surface area contributed by atoms with E-state index in [0.717, 1.165) is 11.4 Å². The Labute approximate surface area is 96.6 Å². The molecule has 16 heavy (non-hydrogen) atoms. The molecule has 92 valence electrons. The summed E-state index contributed by atoms with van der Waals surface area (Å²) in [5.74, 6) is 4.98. The fraction of sp³-hybridized carbons (Fsp3) is 0.636. The minimum atomic E-state index is -0.144. The van der Waals surface area contributed by atoms with Crippen LogP contribution in [0.1, 0.15) is 26.7 Å². The van der Waals surface area contributed by atoms with E-state index < -0.39 is 0 Å². The van der Waals surface area contributed by atoms with Crippen LogP contribution in [0.5, 0.6) is 0 Å². The molecule has 0 aliphatic heterocycles. The smallest absolute Gasteiger partial charge is 0.246 e. The Bertz CT molecular complexity index is 274. The highest BCUT2D eigenvalue weighted by atomic mass is 16.2. The van der Waals surface area contributed by atoms with E-state index in [4.69, 9.17) is 5.84 Å². The summed E-state index contributed by atoms with van der Waals surface area (Å²) in [5.41, 5.74) is 0.491. The monoisotopic (exact) mass is 227 g/mol. The second-order valence-corrected chi connectivity index (χ2v) is 4.03. The number of carbonyl (C=O) groups excluding carboxylic acids is 2. The highest BCUT2D eigenvalue weighted by molar-refractivity contribution is 5.92. The molecule has 0 aromatic rings. The second kappa shape index (κ2) is 7.00. The molecule has 0 radical (unpaired) electrons. The van der Waals surface area contributed by atoms with Crippen molar-refractivity contribution in [1.29, 1.82) is 0 Å². The molecule has 2 amide bonds. The van der Waals surface area contributed by atoms with Crippen LogP contribution in [0.25, 0.3) is 0 Å². The lowest BCUT2D eigenvalue weighted by Crippen LogP contribution is -2.37. The van der Waals surface area contributed by atoms with E-state index in [-0.39, 0.29) is 17.7 Å². The Hall–Kier alpha value is -1.36. The van der Waals surface area contributed by atoms with Gasteiger partial charge in [-0.2, -0.15) is 0 Å². The van der Waals surface area contributed by atoms with E-state index in [1.54, 1.807) is 6.92 Å². The van der Waals surface area contributed by atoms with E-state index in [1.165, 1.54) is 7.05 Å². The van der Waals surface area contributed by atoms with Gasteiger partial charge in [0.15, 0.2) is 0 Å². The van der Waals surface area contributed by atoms with Gasteiger partial charge in [-0.05, 0) is 19.8 Å². The number of hydrazine groups is 1. The van der Waals surface area contributed by atoms with Gasteiger partial charge in [-0.25, -0.2) is 5.84 Å². The number of amides is 2. The van der Waals surface area contributed by atoms with Crippen LogP contribution in [-0.2, 0) is 9.59 Å². The van der Waals surface area contributed by atoms with Crippen molar-refractivity contribution in [2.45, 2.75) is 26.7 Å². The van der Waals surface area contributed by atoms with Crippen LogP contribution in [0.3, 0.4) is 0 Å². The molecule has 0 saturated heterocycles. The molecule has 5 nitrogen and oxygen atoms in total. The molecule has 0 spiro atoms. The molecule has 5 heteroatoms. The Balaban J connectivity index is 3.71. The van der Waals surface area contributed by atoms with Gasteiger partial charge in [0.2, 0.25) is 11.8 Å². The summed E-state index contributed by atoms with van der Waals surface area (Å²) in [6.07, 6.45) is 1.45. The van der Waals surface area contributed by atoms with Crippen molar-refractivity contribution >= 4 is 11.8 Å². The first kappa shape index (κ1) is 14.6. The predicted molar refractivity (Wildman–Crippen MR) is 63.2 cm³/mol. The molecule has 0 bridgehead atoms. The Morgan fingerprint density at radius 3 is 2.50 bits per heavy atom. The SMILES string of the molecule is C=C(C)C(=O)NCCCC(C)C(=O)N(C)N. The topological polar surface area (TPSA) is 75.4 Å². The molecule has 0 heterocycles. The van der Waals surface area contributed by atoms with Gasteiger partial charge in [0.05, 0.1) is 0 Å². The number of nitrogens with two attached hydrogens (primary N) is 1. The molecule has 0 aliphatic rings. The van der Waals surface area contributed by atoms with Gasteiger partial charge >= 0.3 is 0 Å². The zero-order valence-electron chi connectivity index (χ0n) is 10.2. The van der Waals surface area contributed by atoms with Crippen molar-refractivity contribution in [3.05, 3.63) is 12.2 Å². The molecule has 0 aromatic heterocycles. The number of carbonyl (C=O) groups is 2. The third-order valence-corrected chi connectivity index (χ3v) is 2.26. The van der Waals surface area contributed by atoms with Crippen molar-refractivity contribution in [1.82, 2.24) is 10.3 Å². The molecule has 3 N–H and O–H groups in total. The third kappa shape index (κ3) is 5.50. The largest absolute Gasteiger partial charge is 0.352 e. The Kier molecular flexibility index (Phi) is 6.41. The molecule has 0 saturated carbocycles. The average molecular weight is 227 g/mol. The number of hydrogen-bond acceptors (Lipinski definition) is 3. The normalized spacial score (nSPS) is 11.8. The fourth-order valence-corrected chi connectivity index (χ4v) is 1.23. The summed E-state index contributed by atoms with van der Waals surface area (Å²) in [5, 5.41) is 3.81. The van der Waals surface area contributed by atoms with Crippen LogP contribution in [0, 0.1) is 5.92 Å². The van der Waals surface area contributed by atoms with Crippen LogP contribution in [0.15, 0.2) is 12.2 Å². The Morgan fingerprint density at radius 2 is 2.06 bits per heavy atom. The van der Waals surface area contributed by atoms with E-state index >= 15 is 0 Å². The quantitative estimate of drug-likeness (QED) is 0.227. The van der Waals surface area contributed by atoms with Crippen LogP contribution in [0.4, 0.5) is 0 Å². The lowest BCUT2D eigenvalue weighted by Gasteiger charge is -2.16. The molecule has 0 aromatic carbocycles. The first-order valence-electron chi connectivity index (χ1n) is 5.32. The zero-order chi connectivity index (χ0) is 12.7. The van der Waals surface area contributed by atoms with Gasteiger partial charge in [-0.1, -0.05) is 13.5 Å². The van der Waals surface area contributed by atoms with E-state index in [9.17, 15) is 9.59 Å². The number of nitrogens with one attached hydrogen (secondary N) is 1. The average Bonchev–Trinajstić information content (AvgIpc) is 2.22. The van der Waals surface area contributed by atoms with Crippen molar-refractivity contribution < 1.29 is 9.59 Å². The maximum absolute atomic E-state index is 11.4. The first-order valence-corrected chi connectivity index (χ1v) is 5.32. The summed E-state index contributed by atoms with van der Waals surface area (Å²) < 4.78 is 0. The van der Waals surface area contributed by atoms with Gasteiger partial charge in [0.1, 0.15) is 0 Å². The predicted octanol–water partition coefficient (Wildman–Crippen LogP) is 0.427. The minimum Gasteiger partial charge on any atom is -0.352 e. The molecule has 0 rings (SSSR count). The van der Waals surface area contributed by atoms with Crippen molar-refractivity contribution in [2.24, 2.45) is 11.8 Å². The molecular weight excluding hydrogens is 206 g/mol. The van der Waals surface area contributed by atoms with E-state index in [1.807, 2.05) is 6.92 Å². The number of nitrogens with zero attached hydrogens (tertiary/aromatic N) is 1. The van der Waals surface area contributed by atoms with Crippen LogP contribution in [-0.4, -0.2) is 30.4 Å². The van der Waals surface area contributed by atoms with Gasteiger partial charge in [-0.15, -0.1) is 0 Å². The third-order valence-electron chi connectivity index (χ3n) is 2.26. The summed E-state index contributed by atoms with van der Waals surface area (Å²) in [6, 6.07) is 0. The molecule has 0 aliphatic carbocycles. The maximum Gasteiger partial charge on any atom is 0.246 e. The highest BCUT2D eigenvalue weighted by Crippen LogP contribution is 2.06. The molecule has 0 fully saturated rings. The molecule has 1 unspecified atom stereocenters. The van der Waals surface area contributed by atoms with Crippen LogP contribution < -0.4 is 11.2 Å².